The largest absolute Gasteiger partial charge is 0.494 e. The van der Waals surface area contributed by atoms with E-state index in [4.69, 9.17) is 14.2 Å². The van der Waals surface area contributed by atoms with Gasteiger partial charge in [-0.05, 0) is 43.3 Å². The molecule has 8 nitrogen and oxygen atoms in total. The molecule has 4 rings (SSSR count). The first-order valence-corrected chi connectivity index (χ1v) is 10.1. The van der Waals surface area contributed by atoms with Crippen molar-refractivity contribution >= 4 is 17.6 Å². The number of anilines is 1. The lowest BCUT2D eigenvalue weighted by Crippen LogP contribution is -2.47. The minimum atomic E-state index is -0.330. The number of fused-ring (bicyclic) bond motifs is 1. The second-order valence-corrected chi connectivity index (χ2v) is 7.18. The first kappa shape index (κ1) is 19.9. The number of carbonyl (C=O) groups excluding carboxylic acids is 2. The van der Waals surface area contributed by atoms with Gasteiger partial charge in [-0.3, -0.25) is 4.79 Å². The van der Waals surface area contributed by atoms with Crippen molar-refractivity contribution in [3.05, 3.63) is 48.5 Å². The fourth-order valence-electron chi connectivity index (χ4n) is 3.55. The van der Waals surface area contributed by atoms with Crippen molar-refractivity contribution in [1.29, 1.82) is 0 Å². The van der Waals surface area contributed by atoms with Gasteiger partial charge in [-0.25, -0.2) is 4.79 Å². The number of hydrogen-bond donors (Lipinski definition) is 2. The van der Waals surface area contributed by atoms with E-state index in [1.165, 1.54) is 0 Å². The van der Waals surface area contributed by atoms with Crippen molar-refractivity contribution in [2.24, 2.45) is 0 Å². The molecule has 2 aliphatic heterocycles. The van der Waals surface area contributed by atoms with E-state index in [-0.39, 0.29) is 30.5 Å². The Bertz CT molecular complexity index is 902. The third kappa shape index (κ3) is 4.59. The highest BCUT2D eigenvalue weighted by atomic mass is 16.6. The summed E-state index contributed by atoms with van der Waals surface area (Å²) in [6.07, 6.45) is -0.00644. The molecule has 0 aromatic heterocycles. The molecule has 3 amide bonds. The van der Waals surface area contributed by atoms with Gasteiger partial charge in [0.15, 0.2) is 17.6 Å². The van der Waals surface area contributed by atoms with E-state index in [0.29, 0.717) is 37.8 Å². The molecule has 2 aromatic rings. The summed E-state index contributed by atoms with van der Waals surface area (Å²) in [5, 5.41) is 5.67. The molecule has 0 saturated carbocycles. The van der Waals surface area contributed by atoms with Gasteiger partial charge in [0.05, 0.1) is 19.2 Å². The highest BCUT2D eigenvalue weighted by Crippen LogP contribution is 2.30. The van der Waals surface area contributed by atoms with Crippen molar-refractivity contribution in [1.82, 2.24) is 10.6 Å². The molecule has 0 bridgehead atoms. The normalized spacial score (nSPS) is 20.0. The quantitative estimate of drug-likeness (QED) is 0.762. The first-order valence-electron chi connectivity index (χ1n) is 10.1. The Hall–Kier alpha value is -3.42. The van der Waals surface area contributed by atoms with Crippen molar-refractivity contribution in [3.63, 3.8) is 0 Å². The summed E-state index contributed by atoms with van der Waals surface area (Å²) in [7, 11) is 0. The molecule has 2 N–H and O–H groups in total. The topological polar surface area (TPSA) is 89.1 Å². The van der Waals surface area contributed by atoms with Crippen LogP contribution in [-0.2, 0) is 4.79 Å². The van der Waals surface area contributed by atoms with Gasteiger partial charge in [0, 0.05) is 18.7 Å². The van der Waals surface area contributed by atoms with Gasteiger partial charge in [-0.2, -0.15) is 0 Å². The van der Waals surface area contributed by atoms with Crippen LogP contribution < -0.4 is 29.7 Å². The molecular formula is C22H25N3O5. The number of nitrogens with one attached hydrogen (secondary N) is 2. The van der Waals surface area contributed by atoms with Crippen molar-refractivity contribution in [3.8, 4) is 17.2 Å². The van der Waals surface area contributed by atoms with Gasteiger partial charge in [-0.15, -0.1) is 0 Å². The van der Waals surface area contributed by atoms with Crippen LogP contribution in [0.5, 0.6) is 17.2 Å². The third-order valence-electron chi connectivity index (χ3n) is 4.98. The lowest BCUT2D eigenvalue weighted by atomic mass is 10.2. The summed E-state index contributed by atoms with van der Waals surface area (Å²) in [6, 6.07) is 14.2. The van der Waals surface area contributed by atoms with E-state index in [2.05, 4.69) is 10.6 Å². The summed E-state index contributed by atoms with van der Waals surface area (Å²) < 4.78 is 16.9. The zero-order chi connectivity index (χ0) is 20.9. The van der Waals surface area contributed by atoms with Gasteiger partial charge in [0.1, 0.15) is 12.4 Å². The summed E-state index contributed by atoms with van der Waals surface area (Å²) in [6.45, 7) is 3.62. The Balaban J connectivity index is 1.25. The number of nitrogens with zero attached hydrogens (tertiary/aromatic N) is 1. The van der Waals surface area contributed by atoms with Crippen molar-refractivity contribution in [2.75, 3.05) is 31.2 Å². The van der Waals surface area contributed by atoms with Crippen LogP contribution in [0.3, 0.4) is 0 Å². The SMILES string of the molecule is CCOc1ccc(N2C[C@@H](NC(=O)NC[C@@H]3COc4ccccc4O3)CC2=O)cc1. The number of hydrogen-bond acceptors (Lipinski definition) is 5. The van der Waals surface area contributed by atoms with Crippen LogP contribution >= 0.6 is 0 Å². The number of amides is 3. The summed E-state index contributed by atoms with van der Waals surface area (Å²) >= 11 is 0. The standard InChI is InChI=1S/C22H25N3O5/c1-2-28-17-9-7-16(8-10-17)25-13-15(11-21(25)26)24-22(27)23-12-18-14-29-19-5-3-4-6-20(19)30-18/h3-10,15,18H,2,11-14H2,1H3,(H2,23,24,27)/t15-,18+/m0/s1. The van der Waals surface area contributed by atoms with Crippen LogP contribution in [0.1, 0.15) is 13.3 Å². The molecule has 2 aliphatic rings. The number of para-hydroxylation sites is 2. The Labute approximate surface area is 175 Å². The minimum Gasteiger partial charge on any atom is -0.494 e. The molecule has 0 unspecified atom stereocenters. The number of ether oxygens (including phenoxy) is 3. The fraction of sp³-hybridized carbons (Fsp3) is 0.364. The zero-order valence-corrected chi connectivity index (χ0v) is 16.8. The van der Waals surface area contributed by atoms with E-state index in [1.54, 1.807) is 4.90 Å². The number of benzene rings is 2. The van der Waals surface area contributed by atoms with Gasteiger partial charge in [-0.1, -0.05) is 12.1 Å². The summed E-state index contributed by atoms with van der Waals surface area (Å²) in [4.78, 5) is 26.4. The minimum absolute atomic E-state index is 0.0231. The molecule has 1 saturated heterocycles. The predicted octanol–water partition coefficient (Wildman–Crippen LogP) is 2.33. The smallest absolute Gasteiger partial charge is 0.315 e. The Morgan fingerprint density at radius 2 is 1.93 bits per heavy atom. The Morgan fingerprint density at radius 3 is 2.70 bits per heavy atom. The third-order valence-corrected chi connectivity index (χ3v) is 4.98. The summed E-state index contributed by atoms with van der Waals surface area (Å²) in [5.74, 6) is 2.11. The molecular weight excluding hydrogens is 386 g/mol. The number of urea groups is 1. The maximum Gasteiger partial charge on any atom is 0.315 e. The molecule has 2 aromatic carbocycles. The number of rotatable bonds is 6. The highest BCUT2D eigenvalue weighted by Gasteiger charge is 2.32. The lowest BCUT2D eigenvalue weighted by Gasteiger charge is -2.26. The second-order valence-electron chi connectivity index (χ2n) is 7.18. The monoisotopic (exact) mass is 411 g/mol. The van der Waals surface area contributed by atoms with Crippen LogP contribution in [-0.4, -0.2) is 50.4 Å². The van der Waals surface area contributed by atoms with E-state index < -0.39 is 0 Å². The average molecular weight is 411 g/mol. The Kier molecular flexibility index (Phi) is 5.92. The summed E-state index contributed by atoms with van der Waals surface area (Å²) in [5.41, 5.74) is 0.791. The molecule has 2 heterocycles. The van der Waals surface area contributed by atoms with E-state index >= 15 is 0 Å². The van der Waals surface area contributed by atoms with Crippen LogP contribution in [0.2, 0.25) is 0 Å². The Morgan fingerprint density at radius 1 is 1.17 bits per heavy atom. The van der Waals surface area contributed by atoms with E-state index in [1.807, 2.05) is 55.5 Å². The number of carbonyl (C=O) groups is 2. The molecule has 2 atom stereocenters. The van der Waals surface area contributed by atoms with Crippen LogP contribution in [0.25, 0.3) is 0 Å². The molecule has 158 valence electrons. The molecule has 1 fully saturated rings. The molecule has 0 radical (unpaired) electrons. The molecule has 8 heteroatoms. The van der Waals surface area contributed by atoms with E-state index in [9.17, 15) is 9.59 Å². The van der Waals surface area contributed by atoms with Gasteiger partial charge >= 0.3 is 6.03 Å². The zero-order valence-electron chi connectivity index (χ0n) is 16.8. The molecule has 0 aliphatic carbocycles. The predicted molar refractivity (Wildman–Crippen MR) is 111 cm³/mol. The van der Waals surface area contributed by atoms with Gasteiger partial charge in [0.2, 0.25) is 5.91 Å². The molecule has 30 heavy (non-hydrogen) atoms. The van der Waals surface area contributed by atoms with Gasteiger partial charge < -0.3 is 29.7 Å². The fourth-order valence-corrected chi connectivity index (χ4v) is 3.55. The average Bonchev–Trinajstić information content (AvgIpc) is 3.12. The maximum atomic E-state index is 12.4. The van der Waals surface area contributed by atoms with E-state index in [0.717, 1.165) is 11.4 Å². The van der Waals surface area contributed by atoms with Crippen LogP contribution in [0.4, 0.5) is 10.5 Å². The molecule has 0 spiro atoms. The van der Waals surface area contributed by atoms with Crippen molar-refractivity contribution < 1.29 is 23.8 Å². The van der Waals surface area contributed by atoms with Crippen LogP contribution in [0, 0.1) is 0 Å². The highest BCUT2D eigenvalue weighted by molar-refractivity contribution is 5.96. The first-order chi connectivity index (χ1) is 14.6. The van der Waals surface area contributed by atoms with Crippen molar-refractivity contribution in [2.45, 2.75) is 25.5 Å². The maximum absolute atomic E-state index is 12.4. The van der Waals surface area contributed by atoms with Crippen LogP contribution in [0.15, 0.2) is 48.5 Å². The second kappa shape index (κ2) is 8.94. The lowest BCUT2D eigenvalue weighted by molar-refractivity contribution is -0.117. The van der Waals surface area contributed by atoms with Gasteiger partial charge in [0.25, 0.3) is 0 Å².